The van der Waals surface area contributed by atoms with Gasteiger partial charge in [0.25, 0.3) is 5.56 Å². The molecule has 0 unspecified atom stereocenters. The molecule has 3 amide bonds. The number of carbonyl (C=O) groups excluding carboxylic acids is 2. The third-order valence-electron chi connectivity index (χ3n) is 5.46. The smallest absolute Gasteiger partial charge is 0.330 e. The highest BCUT2D eigenvalue weighted by atomic mass is 16.7. The maximum absolute atomic E-state index is 12.7. The number of H-pyrrole nitrogens is 1. The number of ether oxygens (including phenoxy) is 2. The normalized spacial score (nSPS) is 12.0. The van der Waals surface area contributed by atoms with Gasteiger partial charge in [-0.1, -0.05) is 27.2 Å². The van der Waals surface area contributed by atoms with Crippen LogP contribution in [0.15, 0.2) is 27.8 Å². The zero-order chi connectivity index (χ0) is 25.5. The van der Waals surface area contributed by atoms with Gasteiger partial charge >= 0.3 is 11.7 Å². The molecule has 12 nitrogen and oxygen atoms in total. The van der Waals surface area contributed by atoms with Crippen LogP contribution in [-0.4, -0.2) is 41.4 Å². The van der Waals surface area contributed by atoms with E-state index in [4.69, 9.17) is 15.2 Å². The highest BCUT2D eigenvalue weighted by molar-refractivity contribution is 6.02. The molecule has 0 aliphatic carbocycles. The second kappa shape index (κ2) is 11.4. The van der Waals surface area contributed by atoms with Gasteiger partial charge < -0.3 is 25.4 Å². The Morgan fingerprint density at radius 3 is 2.69 bits per heavy atom. The van der Waals surface area contributed by atoms with Crippen LogP contribution in [0.1, 0.15) is 40.0 Å². The summed E-state index contributed by atoms with van der Waals surface area (Å²) in [7, 11) is 0. The van der Waals surface area contributed by atoms with Crippen LogP contribution in [0, 0.1) is 5.92 Å². The Labute approximate surface area is 202 Å². The van der Waals surface area contributed by atoms with Crippen molar-refractivity contribution in [3.05, 3.63) is 39.0 Å². The number of hydrogen-bond donors (Lipinski definition) is 4. The summed E-state index contributed by atoms with van der Waals surface area (Å²) in [6.45, 7) is 6.45. The number of benzene rings is 1. The lowest BCUT2D eigenvalue weighted by Gasteiger charge is -2.26. The van der Waals surface area contributed by atoms with Crippen molar-refractivity contribution in [2.75, 3.05) is 35.8 Å². The fraction of sp³-hybridized carbons (Fsp3) is 0.478. The van der Waals surface area contributed by atoms with Gasteiger partial charge in [0, 0.05) is 24.8 Å². The largest absolute Gasteiger partial charge is 0.454 e. The lowest BCUT2D eigenvalue weighted by molar-refractivity contribution is -0.118. The van der Waals surface area contributed by atoms with Crippen LogP contribution in [0.3, 0.4) is 0 Å². The Morgan fingerprint density at radius 1 is 1.23 bits per heavy atom. The van der Waals surface area contributed by atoms with E-state index in [0.29, 0.717) is 43.1 Å². The quantitative estimate of drug-likeness (QED) is 0.394. The van der Waals surface area contributed by atoms with Crippen LogP contribution in [0.25, 0.3) is 0 Å². The molecular weight excluding hydrogens is 456 g/mol. The second-order valence-corrected chi connectivity index (χ2v) is 8.67. The molecule has 0 fully saturated rings. The average molecular weight is 489 g/mol. The van der Waals surface area contributed by atoms with E-state index in [1.807, 2.05) is 20.8 Å². The van der Waals surface area contributed by atoms with Gasteiger partial charge in [0.15, 0.2) is 11.5 Å². The topological polar surface area (TPSA) is 161 Å². The summed E-state index contributed by atoms with van der Waals surface area (Å²) in [4.78, 5) is 53.9. The predicted octanol–water partition coefficient (Wildman–Crippen LogP) is 1.85. The number of anilines is 3. The number of nitrogens with two attached hydrogens (primary N) is 1. The number of carbonyl (C=O) groups is 2. The summed E-state index contributed by atoms with van der Waals surface area (Å²) in [6, 6.07) is 4.11. The number of aromatic nitrogens is 2. The molecule has 12 heteroatoms. The van der Waals surface area contributed by atoms with Crippen molar-refractivity contribution in [2.45, 2.75) is 46.6 Å². The standard InChI is InChI=1S/C23H32N6O6/c1-4-5-9-29-20(24)19(21(31)27-23(29)33)28(10-8-14(2)3)12-18(30)26-22(32)25-15-6-7-16-17(11-15)35-13-34-16/h6-7,11,14H,4-5,8-10,12-13,24H2,1-3H3,(H,27,31,33)(H2,25,26,30,32). The molecule has 0 spiro atoms. The Bertz CT molecular complexity index is 1190. The number of amides is 3. The summed E-state index contributed by atoms with van der Waals surface area (Å²) in [6.07, 6.45) is 2.18. The monoisotopic (exact) mass is 488 g/mol. The molecule has 0 radical (unpaired) electrons. The van der Waals surface area contributed by atoms with Crippen molar-refractivity contribution in [1.29, 1.82) is 0 Å². The fourth-order valence-corrected chi connectivity index (χ4v) is 3.58. The van der Waals surface area contributed by atoms with E-state index in [9.17, 15) is 19.2 Å². The number of aromatic amines is 1. The minimum absolute atomic E-state index is 0.00596. The van der Waals surface area contributed by atoms with Crippen molar-refractivity contribution in [3.8, 4) is 11.5 Å². The van der Waals surface area contributed by atoms with Gasteiger partial charge in [-0.3, -0.25) is 24.5 Å². The molecule has 190 valence electrons. The number of unbranched alkanes of at least 4 members (excludes halogenated alkanes) is 1. The van der Waals surface area contributed by atoms with E-state index < -0.39 is 23.2 Å². The molecule has 0 bridgehead atoms. The van der Waals surface area contributed by atoms with Crippen LogP contribution in [-0.2, 0) is 11.3 Å². The van der Waals surface area contributed by atoms with Gasteiger partial charge in [-0.25, -0.2) is 9.59 Å². The Morgan fingerprint density at radius 2 is 1.97 bits per heavy atom. The molecule has 2 heterocycles. The molecule has 1 aromatic heterocycles. The van der Waals surface area contributed by atoms with Gasteiger partial charge in [0.2, 0.25) is 12.7 Å². The molecule has 1 aliphatic heterocycles. The number of nitrogen functional groups attached to an aromatic ring is 1. The minimum atomic E-state index is -0.743. The van der Waals surface area contributed by atoms with Gasteiger partial charge in [-0.15, -0.1) is 0 Å². The van der Waals surface area contributed by atoms with Crippen LogP contribution in [0.5, 0.6) is 11.5 Å². The summed E-state index contributed by atoms with van der Waals surface area (Å²) in [5, 5.41) is 4.82. The zero-order valence-electron chi connectivity index (χ0n) is 20.2. The molecular formula is C23H32N6O6. The maximum atomic E-state index is 12.7. The van der Waals surface area contributed by atoms with Crippen LogP contribution >= 0.6 is 0 Å². The summed E-state index contributed by atoms with van der Waals surface area (Å²) in [5.41, 5.74) is 5.40. The van der Waals surface area contributed by atoms with E-state index in [2.05, 4.69) is 15.6 Å². The highest BCUT2D eigenvalue weighted by Crippen LogP contribution is 2.34. The predicted molar refractivity (Wildman–Crippen MR) is 132 cm³/mol. The van der Waals surface area contributed by atoms with E-state index in [1.165, 1.54) is 9.47 Å². The molecule has 1 aromatic carbocycles. The van der Waals surface area contributed by atoms with Gasteiger partial charge in [-0.2, -0.15) is 0 Å². The van der Waals surface area contributed by atoms with Crippen molar-refractivity contribution in [2.24, 2.45) is 5.92 Å². The Balaban J connectivity index is 1.75. The molecule has 1 aliphatic rings. The third-order valence-corrected chi connectivity index (χ3v) is 5.46. The first-order chi connectivity index (χ1) is 16.7. The van der Waals surface area contributed by atoms with E-state index in [1.54, 1.807) is 18.2 Å². The number of rotatable bonds is 10. The molecule has 35 heavy (non-hydrogen) atoms. The third kappa shape index (κ3) is 6.55. The maximum Gasteiger partial charge on any atom is 0.330 e. The average Bonchev–Trinajstić information content (AvgIpc) is 3.24. The van der Waals surface area contributed by atoms with E-state index in [-0.39, 0.29) is 30.8 Å². The van der Waals surface area contributed by atoms with E-state index in [0.717, 1.165) is 6.42 Å². The van der Waals surface area contributed by atoms with Crippen molar-refractivity contribution < 1.29 is 19.1 Å². The van der Waals surface area contributed by atoms with Crippen molar-refractivity contribution >= 4 is 29.1 Å². The van der Waals surface area contributed by atoms with Crippen LogP contribution < -0.4 is 42.0 Å². The molecule has 3 rings (SSSR count). The molecule has 0 saturated heterocycles. The Hall–Kier alpha value is -3.96. The summed E-state index contributed by atoms with van der Waals surface area (Å²) < 4.78 is 11.8. The number of nitrogens with one attached hydrogen (secondary N) is 3. The number of urea groups is 1. The molecule has 0 saturated carbocycles. The summed E-state index contributed by atoms with van der Waals surface area (Å²) in [5.74, 6) is 0.685. The van der Waals surface area contributed by atoms with Crippen molar-refractivity contribution in [3.63, 3.8) is 0 Å². The van der Waals surface area contributed by atoms with Crippen molar-refractivity contribution in [1.82, 2.24) is 14.9 Å². The SMILES string of the molecule is CCCCn1c(N)c(N(CCC(C)C)CC(=O)NC(=O)Nc2ccc3c(c2)OCO3)c(=O)[nH]c1=O. The summed E-state index contributed by atoms with van der Waals surface area (Å²) >= 11 is 0. The minimum Gasteiger partial charge on any atom is -0.454 e. The van der Waals surface area contributed by atoms with Gasteiger partial charge in [0.1, 0.15) is 11.5 Å². The first-order valence-corrected chi connectivity index (χ1v) is 11.6. The van der Waals surface area contributed by atoms with E-state index >= 15 is 0 Å². The fourth-order valence-electron chi connectivity index (χ4n) is 3.58. The van der Waals surface area contributed by atoms with Gasteiger partial charge in [0.05, 0.1) is 6.54 Å². The van der Waals surface area contributed by atoms with Crippen LogP contribution in [0.2, 0.25) is 0 Å². The number of fused-ring (bicyclic) bond motifs is 1. The molecule has 2 aromatic rings. The second-order valence-electron chi connectivity index (χ2n) is 8.67. The molecule has 5 N–H and O–H groups in total. The Kier molecular flexibility index (Phi) is 8.39. The highest BCUT2D eigenvalue weighted by Gasteiger charge is 2.22. The first-order valence-electron chi connectivity index (χ1n) is 11.6. The first kappa shape index (κ1) is 25.7. The number of nitrogens with zero attached hydrogens (tertiary/aromatic N) is 2. The number of imide groups is 1. The zero-order valence-corrected chi connectivity index (χ0v) is 20.2. The number of hydrogen-bond acceptors (Lipinski definition) is 8. The van der Waals surface area contributed by atoms with Crippen LogP contribution in [0.4, 0.5) is 22.0 Å². The van der Waals surface area contributed by atoms with Gasteiger partial charge in [-0.05, 0) is 30.9 Å². The lowest BCUT2D eigenvalue weighted by atomic mass is 10.1. The lowest BCUT2D eigenvalue weighted by Crippen LogP contribution is -2.45. The molecule has 0 atom stereocenters.